The van der Waals surface area contributed by atoms with Gasteiger partial charge < -0.3 is 5.32 Å². The van der Waals surface area contributed by atoms with Gasteiger partial charge in [-0.05, 0) is 69.1 Å². The van der Waals surface area contributed by atoms with Crippen molar-refractivity contribution >= 4 is 34.1 Å². The molecule has 1 amide bonds. The van der Waals surface area contributed by atoms with Crippen LogP contribution in [0.5, 0.6) is 0 Å². The van der Waals surface area contributed by atoms with E-state index in [1.165, 1.54) is 5.56 Å². The van der Waals surface area contributed by atoms with Crippen molar-refractivity contribution in [2.24, 2.45) is 0 Å². The zero-order valence-corrected chi connectivity index (χ0v) is 17.8. The van der Waals surface area contributed by atoms with Gasteiger partial charge >= 0.3 is 0 Å². The van der Waals surface area contributed by atoms with Crippen molar-refractivity contribution in [3.63, 3.8) is 0 Å². The summed E-state index contributed by atoms with van der Waals surface area (Å²) in [5, 5.41) is 4.55. The molecular formula is C23H26ClN3O. The predicted molar refractivity (Wildman–Crippen MR) is 117 cm³/mol. The van der Waals surface area contributed by atoms with Crippen molar-refractivity contribution in [1.29, 1.82) is 0 Å². The summed E-state index contributed by atoms with van der Waals surface area (Å²) in [6.07, 6.45) is 0. The van der Waals surface area contributed by atoms with Crippen LogP contribution in [0.1, 0.15) is 27.8 Å². The first kappa shape index (κ1) is 20.3. The van der Waals surface area contributed by atoms with E-state index in [4.69, 9.17) is 11.6 Å². The van der Waals surface area contributed by atoms with Gasteiger partial charge in [0.25, 0.3) is 0 Å². The molecule has 2 aromatic carbocycles. The highest BCUT2D eigenvalue weighted by Crippen LogP contribution is 2.25. The summed E-state index contributed by atoms with van der Waals surface area (Å²) in [5.74, 6) is -0.0486. The lowest BCUT2D eigenvalue weighted by Crippen LogP contribution is -2.30. The van der Waals surface area contributed by atoms with E-state index in [1.54, 1.807) is 0 Å². The van der Waals surface area contributed by atoms with Gasteiger partial charge in [-0.25, -0.2) is 4.98 Å². The monoisotopic (exact) mass is 395 g/mol. The van der Waals surface area contributed by atoms with Gasteiger partial charge in [0, 0.05) is 23.2 Å². The van der Waals surface area contributed by atoms with Gasteiger partial charge in [-0.15, -0.1) is 0 Å². The van der Waals surface area contributed by atoms with Crippen molar-refractivity contribution in [3.8, 4) is 0 Å². The summed E-state index contributed by atoms with van der Waals surface area (Å²) in [4.78, 5) is 19.0. The Balaban J connectivity index is 1.71. The first-order valence-corrected chi connectivity index (χ1v) is 9.74. The summed E-state index contributed by atoms with van der Waals surface area (Å²) in [7, 11) is 1.91. The number of benzene rings is 2. The van der Waals surface area contributed by atoms with E-state index in [2.05, 4.69) is 42.3 Å². The molecule has 0 saturated carbocycles. The third-order valence-corrected chi connectivity index (χ3v) is 5.60. The molecule has 3 rings (SSSR count). The summed E-state index contributed by atoms with van der Waals surface area (Å²) in [6, 6.07) is 12.1. The Kier molecular flexibility index (Phi) is 6.01. The van der Waals surface area contributed by atoms with Crippen LogP contribution in [0.25, 0.3) is 10.9 Å². The van der Waals surface area contributed by atoms with Crippen LogP contribution in [-0.2, 0) is 11.3 Å². The van der Waals surface area contributed by atoms with Crippen LogP contribution in [0.4, 0.5) is 5.69 Å². The van der Waals surface area contributed by atoms with E-state index < -0.39 is 0 Å². The number of nitrogens with zero attached hydrogens (tertiary/aromatic N) is 2. The molecule has 1 heterocycles. The molecule has 0 spiro atoms. The second-order valence-electron chi connectivity index (χ2n) is 7.49. The first-order chi connectivity index (χ1) is 13.3. The first-order valence-electron chi connectivity index (χ1n) is 9.36. The van der Waals surface area contributed by atoms with E-state index in [0.717, 1.165) is 38.8 Å². The average molecular weight is 396 g/mol. The van der Waals surface area contributed by atoms with Crippen molar-refractivity contribution < 1.29 is 4.79 Å². The number of fused-ring (bicyclic) bond motifs is 1. The lowest BCUT2D eigenvalue weighted by atomic mass is 10.0. The number of aryl methyl sites for hydroxylation is 3. The number of likely N-dealkylation sites (N-methyl/N-ethyl adjacent to an activating group) is 1. The zero-order valence-electron chi connectivity index (χ0n) is 17.1. The molecule has 0 fully saturated rings. The maximum Gasteiger partial charge on any atom is 0.238 e. The third kappa shape index (κ3) is 4.34. The van der Waals surface area contributed by atoms with Gasteiger partial charge in [0.1, 0.15) is 5.15 Å². The minimum Gasteiger partial charge on any atom is -0.325 e. The lowest BCUT2D eigenvalue weighted by Gasteiger charge is -2.18. The highest BCUT2D eigenvalue weighted by atomic mass is 35.5. The smallest absolute Gasteiger partial charge is 0.238 e. The number of amides is 1. The standard InChI is InChI=1S/C23H26ClN3O/c1-14-7-6-8-20(16(14)3)25-21(28)13-27(5)12-19-11-18-10-9-15(2)17(4)22(18)26-23(19)24/h6-11H,12-13H2,1-5H3,(H,25,28). The highest BCUT2D eigenvalue weighted by molar-refractivity contribution is 6.30. The molecule has 0 aliphatic heterocycles. The molecule has 0 aliphatic carbocycles. The molecule has 28 heavy (non-hydrogen) atoms. The molecule has 0 unspecified atom stereocenters. The van der Waals surface area contributed by atoms with Crippen LogP contribution in [0.3, 0.4) is 0 Å². The fraction of sp³-hybridized carbons (Fsp3) is 0.304. The molecule has 1 N–H and O–H groups in total. The van der Waals surface area contributed by atoms with Crippen LogP contribution in [-0.4, -0.2) is 29.4 Å². The Bertz CT molecular complexity index is 1050. The molecular weight excluding hydrogens is 370 g/mol. The normalized spacial score (nSPS) is 11.2. The molecule has 0 radical (unpaired) electrons. The largest absolute Gasteiger partial charge is 0.325 e. The minimum absolute atomic E-state index is 0.0486. The number of hydrogen-bond donors (Lipinski definition) is 1. The zero-order chi connectivity index (χ0) is 20.4. The van der Waals surface area contributed by atoms with Crippen molar-refractivity contribution in [2.75, 3.05) is 18.9 Å². The number of hydrogen-bond acceptors (Lipinski definition) is 3. The topological polar surface area (TPSA) is 45.2 Å². The predicted octanol–water partition coefficient (Wildman–Crippen LogP) is 5.19. The Morgan fingerprint density at radius 2 is 1.79 bits per heavy atom. The van der Waals surface area contributed by atoms with E-state index in [-0.39, 0.29) is 12.5 Å². The Morgan fingerprint density at radius 1 is 1.07 bits per heavy atom. The van der Waals surface area contributed by atoms with Crippen molar-refractivity contribution in [2.45, 2.75) is 34.2 Å². The average Bonchev–Trinajstić information content (AvgIpc) is 2.63. The minimum atomic E-state index is -0.0486. The van der Waals surface area contributed by atoms with Gasteiger partial charge in [-0.1, -0.05) is 35.9 Å². The van der Waals surface area contributed by atoms with Gasteiger partial charge in [0.15, 0.2) is 0 Å². The molecule has 4 nitrogen and oxygen atoms in total. The highest BCUT2D eigenvalue weighted by Gasteiger charge is 2.13. The number of pyridine rings is 1. The molecule has 0 atom stereocenters. The molecule has 3 aromatic rings. The van der Waals surface area contributed by atoms with Crippen LogP contribution in [0, 0.1) is 27.7 Å². The van der Waals surface area contributed by atoms with Crippen molar-refractivity contribution in [1.82, 2.24) is 9.88 Å². The van der Waals surface area contributed by atoms with Crippen LogP contribution >= 0.6 is 11.6 Å². The van der Waals surface area contributed by atoms with Gasteiger partial charge in [-0.2, -0.15) is 0 Å². The van der Waals surface area contributed by atoms with Crippen LogP contribution < -0.4 is 5.32 Å². The Morgan fingerprint density at radius 3 is 2.54 bits per heavy atom. The van der Waals surface area contributed by atoms with E-state index in [0.29, 0.717) is 11.7 Å². The van der Waals surface area contributed by atoms with E-state index in [1.807, 2.05) is 44.0 Å². The number of carbonyl (C=O) groups is 1. The summed E-state index contributed by atoms with van der Waals surface area (Å²) < 4.78 is 0. The van der Waals surface area contributed by atoms with Gasteiger partial charge in [0.05, 0.1) is 12.1 Å². The lowest BCUT2D eigenvalue weighted by molar-refractivity contribution is -0.117. The number of aromatic nitrogens is 1. The van der Waals surface area contributed by atoms with Crippen LogP contribution in [0.15, 0.2) is 36.4 Å². The molecule has 0 aliphatic rings. The van der Waals surface area contributed by atoms with E-state index in [9.17, 15) is 4.79 Å². The quantitative estimate of drug-likeness (QED) is 0.604. The summed E-state index contributed by atoms with van der Waals surface area (Å²) in [5.41, 5.74) is 7.30. The SMILES string of the molecule is Cc1cccc(NC(=O)CN(C)Cc2cc3ccc(C)c(C)c3nc2Cl)c1C. The number of anilines is 1. The Labute approximate surface area is 171 Å². The molecule has 146 valence electrons. The maximum atomic E-state index is 12.5. The molecule has 0 saturated heterocycles. The number of halogens is 1. The van der Waals surface area contributed by atoms with Gasteiger partial charge in [0.2, 0.25) is 5.91 Å². The van der Waals surface area contributed by atoms with E-state index >= 15 is 0 Å². The van der Waals surface area contributed by atoms with Crippen molar-refractivity contribution in [3.05, 3.63) is 69.4 Å². The summed E-state index contributed by atoms with van der Waals surface area (Å²) in [6.45, 7) is 9.00. The molecule has 1 aromatic heterocycles. The maximum absolute atomic E-state index is 12.5. The van der Waals surface area contributed by atoms with Gasteiger partial charge in [-0.3, -0.25) is 9.69 Å². The fourth-order valence-electron chi connectivity index (χ4n) is 3.28. The fourth-order valence-corrected chi connectivity index (χ4v) is 3.48. The second kappa shape index (κ2) is 8.29. The van der Waals surface area contributed by atoms with Crippen LogP contribution in [0.2, 0.25) is 5.15 Å². The third-order valence-electron chi connectivity index (χ3n) is 5.27. The molecule has 5 heteroatoms. The second-order valence-corrected chi connectivity index (χ2v) is 7.84. The summed E-state index contributed by atoms with van der Waals surface area (Å²) >= 11 is 6.44. The number of carbonyl (C=O) groups excluding carboxylic acids is 1. The number of nitrogens with one attached hydrogen (secondary N) is 1. The Hall–Kier alpha value is -2.43. The molecule has 0 bridgehead atoms. The number of rotatable bonds is 5.